The summed E-state index contributed by atoms with van der Waals surface area (Å²) in [6, 6.07) is 7.44. The summed E-state index contributed by atoms with van der Waals surface area (Å²) < 4.78 is 7.95. The van der Waals surface area contributed by atoms with E-state index >= 15 is 0 Å². The standard InChI is InChI=1S/C19H22N4O3S/c1-6-26-13-9-7-12(8-10-13)15-20-16-14(17(21-15)27-11(2)3)18(24)23(5)19(25)22(16)4/h7-11H,6H2,1-5H3. The summed E-state index contributed by atoms with van der Waals surface area (Å²) in [6.45, 7) is 6.58. The van der Waals surface area contributed by atoms with Gasteiger partial charge in [0.25, 0.3) is 5.56 Å². The molecular weight excluding hydrogens is 364 g/mol. The molecule has 8 heteroatoms. The van der Waals surface area contributed by atoms with Gasteiger partial charge in [-0.05, 0) is 31.2 Å². The molecule has 2 heterocycles. The molecule has 3 rings (SSSR count). The number of benzene rings is 1. The number of aromatic nitrogens is 4. The largest absolute Gasteiger partial charge is 0.494 e. The molecule has 0 unspecified atom stereocenters. The fraction of sp³-hybridized carbons (Fsp3) is 0.368. The Kier molecular flexibility index (Phi) is 5.36. The third-order valence-electron chi connectivity index (χ3n) is 4.04. The maximum absolute atomic E-state index is 12.7. The molecule has 0 saturated heterocycles. The highest BCUT2D eigenvalue weighted by atomic mass is 32.2. The van der Waals surface area contributed by atoms with Crippen LogP contribution in [0.15, 0.2) is 38.9 Å². The third-order valence-corrected chi connectivity index (χ3v) is 5.03. The second kappa shape index (κ2) is 7.56. The molecule has 27 heavy (non-hydrogen) atoms. The minimum absolute atomic E-state index is 0.221. The van der Waals surface area contributed by atoms with E-state index in [0.29, 0.717) is 28.5 Å². The van der Waals surface area contributed by atoms with Crippen molar-refractivity contribution in [2.75, 3.05) is 6.61 Å². The average Bonchev–Trinajstić information content (AvgIpc) is 2.64. The highest BCUT2D eigenvalue weighted by molar-refractivity contribution is 8.00. The van der Waals surface area contributed by atoms with E-state index in [1.807, 2.05) is 45.0 Å². The second-order valence-electron chi connectivity index (χ2n) is 6.38. The molecule has 2 aromatic heterocycles. The summed E-state index contributed by atoms with van der Waals surface area (Å²) >= 11 is 1.48. The van der Waals surface area contributed by atoms with Crippen LogP contribution in [-0.4, -0.2) is 31.0 Å². The van der Waals surface area contributed by atoms with Crippen molar-refractivity contribution in [2.45, 2.75) is 31.0 Å². The van der Waals surface area contributed by atoms with Crippen molar-refractivity contribution < 1.29 is 4.74 Å². The van der Waals surface area contributed by atoms with Crippen molar-refractivity contribution in [1.29, 1.82) is 0 Å². The lowest BCUT2D eigenvalue weighted by molar-refractivity contribution is 0.340. The molecule has 0 atom stereocenters. The molecule has 0 aliphatic carbocycles. The van der Waals surface area contributed by atoms with Gasteiger partial charge in [0.05, 0.1) is 6.61 Å². The smallest absolute Gasteiger partial charge is 0.332 e. The van der Waals surface area contributed by atoms with Crippen molar-refractivity contribution in [3.63, 3.8) is 0 Å². The predicted octanol–water partition coefficient (Wildman–Crippen LogP) is 2.59. The maximum Gasteiger partial charge on any atom is 0.332 e. The lowest BCUT2D eigenvalue weighted by atomic mass is 10.2. The molecule has 142 valence electrons. The Labute approximate surface area is 161 Å². The van der Waals surface area contributed by atoms with E-state index < -0.39 is 5.69 Å². The number of fused-ring (bicyclic) bond motifs is 1. The van der Waals surface area contributed by atoms with Gasteiger partial charge in [0.2, 0.25) is 0 Å². The first-order valence-electron chi connectivity index (χ1n) is 8.71. The Morgan fingerprint density at radius 3 is 2.33 bits per heavy atom. The summed E-state index contributed by atoms with van der Waals surface area (Å²) in [6.07, 6.45) is 0. The number of rotatable bonds is 5. The summed E-state index contributed by atoms with van der Waals surface area (Å²) in [5.74, 6) is 1.23. The van der Waals surface area contributed by atoms with Crippen LogP contribution in [0.4, 0.5) is 0 Å². The quantitative estimate of drug-likeness (QED) is 0.495. The van der Waals surface area contributed by atoms with Gasteiger partial charge < -0.3 is 4.74 Å². The van der Waals surface area contributed by atoms with Gasteiger partial charge in [-0.2, -0.15) is 0 Å². The van der Waals surface area contributed by atoms with Crippen LogP contribution >= 0.6 is 11.8 Å². The van der Waals surface area contributed by atoms with Crippen molar-refractivity contribution in [2.24, 2.45) is 14.1 Å². The molecule has 0 spiro atoms. The zero-order chi connectivity index (χ0) is 19.7. The van der Waals surface area contributed by atoms with Crippen LogP contribution < -0.4 is 16.0 Å². The second-order valence-corrected chi connectivity index (χ2v) is 7.95. The third kappa shape index (κ3) is 3.62. The number of thioether (sulfide) groups is 1. The Morgan fingerprint density at radius 1 is 1.07 bits per heavy atom. The van der Waals surface area contributed by atoms with Crippen LogP contribution in [0.25, 0.3) is 22.4 Å². The minimum Gasteiger partial charge on any atom is -0.494 e. The zero-order valence-electron chi connectivity index (χ0n) is 16.0. The minimum atomic E-state index is -0.413. The Hall–Kier alpha value is -2.61. The highest BCUT2D eigenvalue weighted by Crippen LogP contribution is 2.29. The van der Waals surface area contributed by atoms with Gasteiger partial charge in [-0.3, -0.25) is 13.9 Å². The first-order valence-corrected chi connectivity index (χ1v) is 9.59. The molecule has 0 amide bonds. The van der Waals surface area contributed by atoms with E-state index in [1.165, 1.54) is 23.4 Å². The van der Waals surface area contributed by atoms with E-state index in [0.717, 1.165) is 15.9 Å². The number of hydrogen-bond acceptors (Lipinski definition) is 6. The fourth-order valence-corrected chi connectivity index (χ4v) is 3.62. The highest BCUT2D eigenvalue weighted by Gasteiger charge is 2.18. The van der Waals surface area contributed by atoms with Crippen molar-refractivity contribution in [3.8, 4) is 17.1 Å². The SMILES string of the molecule is CCOc1ccc(-c2nc(SC(C)C)c3c(=O)n(C)c(=O)n(C)c3n2)cc1. The number of nitrogens with zero attached hydrogens (tertiary/aromatic N) is 4. The Balaban J connectivity index is 2.29. The number of ether oxygens (including phenoxy) is 1. The van der Waals surface area contributed by atoms with Gasteiger partial charge in [0.1, 0.15) is 16.2 Å². The van der Waals surface area contributed by atoms with Crippen LogP contribution in [0, 0.1) is 0 Å². The molecule has 0 fully saturated rings. The first kappa shape index (κ1) is 19.2. The molecule has 0 saturated carbocycles. The Morgan fingerprint density at radius 2 is 1.74 bits per heavy atom. The summed E-state index contributed by atoms with van der Waals surface area (Å²) in [7, 11) is 3.08. The van der Waals surface area contributed by atoms with Gasteiger partial charge in [0, 0.05) is 24.9 Å². The maximum atomic E-state index is 12.7. The van der Waals surface area contributed by atoms with Gasteiger partial charge in [-0.25, -0.2) is 14.8 Å². The van der Waals surface area contributed by atoms with Crippen LogP contribution in [0.2, 0.25) is 0 Å². The Bertz CT molecular complexity index is 1100. The van der Waals surface area contributed by atoms with Crippen LogP contribution in [0.1, 0.15) is 20.8 Å². The monoisotopic (exact) mass is 386 g/mol. The first-order chi connectivity index (χ1) is 12.8. The molecule has 0 N–H and O–H groups in total. The van der Waals surface area contributed by atoms with E-state index in [1.54, 1.807) is 7.05 Å². The zero-order valence-corrected chi connectivity index (χ0v) is 16.8. The number of hydrogen-bond donors (Lipinski definition) is 0. The van der Waals surface area contributed by atoms with Crippen molar-refractivity contribution in [3.05, 3.63) is 45.1 Å². The molecule has 0 radical (unpaired) electrons. The van der Waals surface area contributed by atoms with Crippen molar-refractivity contribution >= 4 is 22.8 Å². The summed E-state index contributed by atoms with van der Waals surface area (Å²) in [5.41, 5.74) is 0.336. The molecular formula is C19H22N4O3S. The van der Waals surface area contributed by atoms with E-state index in [-0.39, 0.29) is 10.8 Å². The molecule has 7 nitrogen and oxygen atoms in total. The molecule has 3 aromatic rings. The normalized spacial score (nSPS) is 11.3. The topological polar surface area (TPSA) is 79.0 Å². The van der Waals surface area contributed by atoms with Crippen LogP contribution in [0.5, 0.6) is 5.75 Å². The summed E-state index contributed by atoms with van der Waals surface area (Å²) in [5, 5.41) is 1.17. The summed E-state index contributed by atoms with van der Waals surface area (Å²) in [4.78, 5) is 34.2. The molecule has 0 aliphatic heterocycles. The van der Waals surface area contributed by atoms with Crippen molar-refractivity contribution in [1.82, 2.24) is 19.1 Å². The van der Waals surface area contributed by atoms with Crippen LogP contribution in [0.3, 0.4) is 0 Å². The van der Waals surface area contributed by atoms with Gasteiger partial charge in [-0.15, -0.1) is 11.8 Å². The average molecular weight is 386 g/mol. The van der Waals surface area contributed by atoms with Gasteiger partial charge in [0.15, 0.2) is 11.5 Å². The molecule has 1 aromatic carbocycles. The number of aryl methyl sites for hydroxylation is 1. The molecule has 0 bridgehead atoms. The molecule has 0 aliphatic rings. The van der Waals surface area contributed by atoms with E-state index in [4.69, 9.17) is 4.74 Å². The fourth-order valence-electron chi connectivity index (χ4n) is 2.73. The van der Waals surface area contributed by atoms with Gasteiger partial charge in [-0.1, -0.05) is 13.8 Å². The van der Waals surface area contributed by atoms with Crippen LogP contribution in [-0.2, 0) is 14.1 Å². The predicted molar refractivity (Wildman–Crippen MR) is 108 cm³/mol. The lowest BCUT2D eigenvalue weighted by Gasteiger charge is -2.13. The van der Waals surface area contributed by atoms with E-state index in [2.05, 4.69) is 9.97 Å². The lowest BCUT2D eigenvalue weighted by Crippen LogP contribution is -2.37. The van der Waals surface area contributed by atoms with Gasteiger partial charge >= 0.3 is 5.69 Å². The van der Waals surface area contributed by atoms with E-state index in [9.17, 15) is 9.59 Å².